The molecule has 1 aliphatic rings. The Bertz CT molecular complexity index is 340. The van der Waals surface area contributed by atoms with Gasteiger partial charge in [-0.1, -0.05) is 43.0 Å². The predicted molar refractivity (Wildman–Crippen MR) is 77.4 cm³/mol. The minimum Gasteiger partial charge on any atom is -0.319 e. The molecule has 0 spiro atoms. The molecule has 1 N–H and O–H groups in total. The molecule has 96 valence electrons. The van der Waals surface area contributed by atoms with Crippen molar-refractivity contribution in [1.82, 2.24) is 5.32 Å². The van der Waals surface area contributed by atoms with E-state index in [2.05, 4.69) is 23.5 Å². The van der Waals surface area contributed by atoms with E-state index in [1.54, 1.807) is 0 Å². The second-order valence-corrected chi connectivity index (χ2v) is 5.32. The summed E-state index contributed by atoms with van der Waals surface area (Å²) >= 11 is 6.11. The van der Waals surface area contributed by atoms with Gasteiger partial charge in [0.2, 0.25) is 0 Å². The molecule has 3 heteroatoms. The summed E-state index contributed by atoms with van der Waals surface area (Å²) in [7, 11) is 2.04. The Kier molecular flexibility index (Phi) is 5.78. The third-order valence-electron chi connectivity index (χ3n) is 3.76. The summed E-state index contributed by atoms with van der Waals surface area (Å²) < 4.78 is 0. The van der Waals surface area contributed by atoms with Gasteiger partial charge in [0.05, 0.1) is 0 Å². The zero-order valence-electron chi connectivity index (χ0n) is 10.3. The van der Waals surface area contributed by atoms with Gasteiger partial charge in [0.25, 0.3) is 0 Å². The molecule has 17 heavy (non-hydrogen) atoms. The van der Waals surface area contributed by atoms with Gasteiger partial charge >= 0.3 is 0 Å². The van der Waals surface area contributed by atoms with E-state index in [0.29, 0.717) is 5.41 Å². The van der Waals surface area contributed by atoms with Crippen LogP contribution in [0.25, 0.3) is 0 Å². The van der Waals surface area contributed by atoms with Crippen molar-refractivity contribution < 1.29 is 0 Å². The molecule has 1 aliphatic carbocycles. The molecule has 2 rings (SSSR count). The maximum atomic E-state index is 6.11. The minimum atomic E-state index is 0. The lowest BCUT2D eigenvalue weighted by molar-refractivity contribution is 0.286. The Hall–Kier alpha value is -0.240. The second kappa shape index (κ2) is 6.63. The van der Waals surface area contributed by atoms with Crippen LogP contribution in [0, 0.1) is 0 Å². The van der Waals surface area contributed by atoms with Gasteiger partial charge in [-0.05, 0) is 37.6 Å². The molecule has 0 aromatic heterocycles. The first kappa shape index (κ1) is 14.8. The summed E-state index contributed by atoms with van der Waals surface area (Å²) in [5.74, 6) is 0. The highest BCUT2D eigenvalue weighted by Crippen LogP contribution is 2.39. The molecule has 0 amide bonds. The van der Waals surface area contributed by atoms with Crippen molar-refractivity contribution in [3.05, 3.63) is 34.9 Å². The number of likely N-dealkylation sites (N-methyl/N-ethyl adjacent to an activating group) is 1. The summed E-state index contributed by atoms with van der Waals surface area (Å²) in [6, 6.07) is 8.41. The van der Waals surface area contributed by atoms with Crippen LogP contribution in [0.4, 0.5) is 0 Å². The zero-order valence-corrected chi connectivity index (χ0v) is 11.9. The van der Waals surface area contributed by atoms with E-state index in [0.717, 1.165) is 11.6 Å². The fourth-order valence-electron chi connectivity index (χ4n) is 2.95. The molecule has 1 aromatic carbocycles. The van der Waals surface area contributed by atoms with E-state index in [-0.39, 0.29) is 12.4 Å². The largest absolute Gasteiger partial charge is 0.319 e. The van der Waals surface area contributed by atoms with E-state index in [9.17, 15) is 0 Å². The summed E-state index contributed by atoms with van der Waals surface area (Å²) in [5, 5.41) is 4.21. The molecule has 0 radical (unpaired) electrons. The molecule has 1 nitrogen and oxygen atoms in total. The van der Waals surface area contributed by atoms with Crippen LogP contribution in [0.15, 0.2) is 24.3 Å². The molecule has 0 aliphatic heterocycles. The van der Waals surface area contributed by atoms with E-state index < -0.39 is 0 Å². The number of hydrogen-bond donors (Lipinski definition) is 1. The van der Waals surface area contributed by atoms with Gasteiger partial charge in [-0.3, -0.25) is 0 Å². The minimum absolute atomic E-state index is 0. The van der Waals surface area contributed by atoms with Crippen LogP contribution in [-0.4, -0.2) is 13.6 Å². The third kappa shape index (κ3) is 3.37. The Morgan fingerprint density at radius 1 is 1.24 bits per heavy atom. The standard InChI is InChI=1S/C14H20ClN.ClH/c1-16-11-14(8-3-2-4-9-14)12-6-5-7-13(15)10-12;/h5-7,10,16H,2-4,8-9,11H2,1H3;1H. The second-order valence-electron chi connectivity index (χ2n) is 4.88. The summed E-state index contributed by atoms with van der Waals surface area (Å²) in [6.07, 6.45) is 6.64. The molecule has 0 saturated heterocycles. The maximum Gasteiger partial charge on any atom is 0.0408 e. The Morgan fingerprint density at radius 3 is 2.53 bits per heavy atom. The Labute approximate surface area is 115 Å². The van der Waals surface area contributed by atoms with Gasteiger partial charge in [-0.15, -0.1) is 12.4 Å². The number of nitrogens with one attached hydrogen (secondary N) is 1. The van der Waals surface area contributed by atoms with Gasteiger partial charge in [-0.2, -0.15) is 0 Å². The van der Waals surface area contributed by atoms with Gasteiger partial charge < -0.3 is 5.32 Å². The fraction of sp³-hybridized carbons (Fsp3) is 0.571. The van der Waals surface area contributed by atoms with Gasteiger partial charge in [-0.25, -0.2) is 0 Å². The lowest BCUT2D eigenvalue weighted by Gasteiger charge is -2.38. The highest BCUT2D eigenvalue weighted by molar-refractivity contribution is 6.30. The lowest BCUT2D eigenvalue weighted by Crippen LogP contribution is -2.38. The SMILES string of the molecule is CNCC1(c2cccc(Cl)c2)CCCCC1.Cl. The average Bonchev–Trinajstić information content (AvgIpc) is 2.31. The van der Waals surface area contributed by atoms with Crippen molar-refractivity contribution in [2.24, 2.45) is 0 Å². The Balaban J connectivity index is 0.00000144. The molecule has 0 bridgehead atoms. The first-order valence-electron chi connectivity index (χ1n) is 6.17. The summed E-state index contributed by atoms with van der Waals surface area (Å²) in [5.41, 5.74) is 1.73. The van der Waals surface area contributed by atoms with Crippen molar-refractivity contribution in [2.45, 2.75) is 37.5 Å². The summed E-state index contributed by atoms with van der Waals surface area (Å²) in [4.78, 5) is 0. The van der Waals surface area contributed by atoms with Crippen LogP contribution in [0.2, 0.25) is 5.02 Å². The smallest absolute Gasteiger partial charge is 0.0408 e. The molecule has 0 atom stereocenters. The van der Waals surface area contributed by atoms with Crippen molar-refractivity contribution in [3.63, 3.8) is 0 Å². The van der Waals surface area contributed by atoms with Gasteiger partial charge in [0.15, 0.2) is 0 Å². The monoisotopic (exact) mass is 273 g/mol. The van der Waals surface area contributed by atoms with Crippen molar-refractivity contribution in [2.75, 3.05) is 13.6 Å². The topological polar surface area (TPSA) is 12.0 Å². The van der Waals surface area contributed by atoms with E-state index in [1.165, 1.54) is 37.7 Å². The highest BCUT2D eigenvalue weighted by atomic mass is 35.5. The number of benzene rings is 1. The van der Waals surface area contributed by atoms with Gasteiger partial charge in [0.1, 0.15) is 0 Å². The number of rotatable bonds is 3. The maximum absolute atomic E-state index is 6.11. The highest BCUT2D eigenvalue weighted by Gasteiger charge is 2.33. The molecular weight excluding hydrogens is 253 g/mol. The Morgan fingerprint density at radius 2 is 1.94 bits per heavy atom. The van der Waals surface area contributed by atoms with Crippen molar-refractivity contribution in [1.29, 1.82) is 0 Å². The number of halogens is 2. The van der Waals surface area contributed by atoms with Crippen LogP contribution in [0.3, 0.4) is 0 Å². The van der Waals surface area contributed by atoms with Crippen LogP contribution < -0.4 is 5.32 Å². The molecule has 1 saturated carbocycles. The average molecular weight is 274 g/mol. The van der Waals surface area contributed by atoms with Gasteiger partial charge in [0, 0.05) is 17.0 Å². The van der Waals surface area contributed by atoms with Crippen molar-refractivity contribution in [3.8, 4) is 0 Å². The summed E-state index contributed by atoms with van der Waals surface area (Å²) in [6.45, 7) is 1.06. The molecule has 0 heterocycles. The van der Waals surface area contributed by atoms with Crippen LogP contribution in [0.5, 0.6) is 0 Å². The first-order chi connectivity index (χ1) is 7.77. The normalized spacial score (nSPS) is 18.5. The lowest BCUT2D eigenvalue weighted by atomic mass is 9.69. The third-order valence-corrected chi connectivity index (χ3v) is 4.00. The van der Waals surface area contributed by atoms with E-state index in [1.807, 2.05) is 13.1 Å². The first-order valence-corrected chi connectivity index (χ1v) is 6.55. The van der Waals surface area contributed by atoms with Crippen LogP contribution >= 0.6 is 24.0 Å². The molecule has 1 aromatic rings. The zero-order chi connectivity index (χ0) is 11.4. The molecule has 1 fully saturated rings. The predicted octanol–water partition coefficient (Wildman–Crippen LogP) is 4.18. The fourth-order valence-corrected chi connectivity index (χ4v) is 3.14. The van der Waals surface area contributed by atoms with E-state index >= 15 is 0 Å². The number of hydrogen-bond acceptors (Lipinski definition) is 1. The van der Waals surface area contributed by atoms with Crippen LogP contribution in [-0.2, 0) is 5.41 Å². The van der Waals surface area contributed by atoms with Crippen LogP contribution in [0.1, 0.15) is 37.7 Å². The molecular formula is C14H21Cl2N. The van der Waals surface area contributed by atoms with E-state index in [4.69, 9.17) is 11.6 Å². The van der Waals surface area contributed by atoms with Crippen molar-refractivity contribution >= 4 is 24.0 Å². The molecule has 0 unspecified atom stereocenters. The quantitative estimate of drug-likeness (QED) is 0.871.